The summed E-state index contributed by atoms with van der Waals surface area (Å²) < 4.78 is 10.4. The van der Waals surface area contributed by atoms with Gasteiger partial charge in [-0.15, -0.1) is 0 Å². The maximum atomic E-state index is 11.8. The Balaban J connectivity index is 2.28. The molecule has 0 amide bonds. The molecule has 0 fully saturated rings. The molecular formula is C16H23BO4. The Morgan fingerprint density at radius 2 is 1.81 bits per heavy atom. The molecule has 1 aromatic carbocycles. The summed E-state index contributed by atoms with van der Waals surface area (Å²) in [6.07, 6.45) is 0.649. The van der Waals surface area contributed by atoms with Gasteiger partial charge in [0, 0.05) is 12.2 Å². The monoisotopic (exact) mass is 290 g/mol. The van der Waals surface area contributed by atoms with Gasteiger partial charge in [-0.3, -0.25) is 9.59 Å². The lowest BCUT2D eigenvalue weighted by Crippen LogP contribution is -2.27. The Morgan fingerprint density at radius 1 is 1.19 bits per heavy atom. The molecule has 0 bridgehead atoms. The van der Waals surface area contributed by atoms with Gasteiger partial charge in [-0.2, -0.15) is 0 Å². The Labute approximate surface area is 127 Å². The molecule has 0 aliphatic carbocycles. The number of ether oxygens (including phenoxy) is 2. The van der Waals surface area contributed by atoms with Crippen molar-refractivity contribution >= 4 is 19.8 Å². The van der Waals surface area contributed by atoms with Crippen molar-refractivity contribution in [2.24, 2.45) is 0 Å². The highest BCUT2D eigenvalue weighted by molar-refractivity contribution is 6.22. The molecule has 0 saturated carbocycles. The molecule has 1 atom stereocenters. The van der Waals surface area contributed by atoms with E-state index < -0.39 is 5.60 Å². The first-order chi connectivity index (χ1) is 9.78. The second-order valence-electron chi connectivity index (χ2n) is 6.12. The Kier molecular flexibility index (Phi) is 6.47. The van der Waals surface area contributed by atoms with Crippen molar-refractivity contribution in [1.29, 1.82) is 0 Å². The number of hydrogen-bond donors (Lipinski definition) is 0. The average molecular weight is 290 g/mol. The van der Waals surface area contributed by atoms with Gasteiger partial charge in [-0.05, 0) is 32.8 Å². The SMILES string of the molecule is BC(CCC(=O)OCc1ccccc1)C(=O)OC(C)(C)C. The van der Waals surface area contributed by atoms with Crippen LogP contribution in [0.15, 0.2) is 30.3 Å². The third kappa shape index (κ3) is 7.54. The van der Waals surface area contributed by atoms with Gasteiger partial charge in [-0.25, -0.2) is 0 Å². The van der Waals surface area contributed by atoms with Gasteiger partial charge in [-0.1, -0.05) is 30.3 Å². The van der Waals surface area contributed by atoms with E-state index in [-0.39, 0.29) is 30.8 Å². The molecule has 1 rings (SSSR count). The van der Waals surface area contributed by atoms with E-state index in [1.807, 2.05) is 51.1 Å². The minimum absolute atomic E-state index is 0.216. The highest BCUT2D eigenvalue weighted by atomic mass is 16.6. The molecule has 0 aliphatic heterocycles. The predicted octanol–water partition coefficient (Wildman–Crippen LogP) is 2.27. The van der Waals surface area contributed by atoms with Gasteiger partial charge in [0.2, 0.25) is 0 Å². The average Bonchev–Trinajstić information content (AvgIpc) is 2.41. The summed E-state index contributed by atoms with van der Waals surface area (Å²) in [5, 5.41) is 0. The minimum atomic E-state index is -0.501. The van der Waals surface area contributed by atoms with Gasteiger partial charge < -0.3 is 9.47 Å². The summed E-state index contributed by atoms with van der Waals surface area (Å²) >= 11 is 0. The topological polar surface area (TPSA) is 52.6 Å². The highest BCUT2D eigenvalue weighted by Gasteiger charge is 2.22. The summed E-state index contributed by atoms with van der Waals surface area (Å²) in [4.78, 5) is 23.4. The smallest absolute Gasteiger partial charge is 0.306 e. The number of carbonyl (C=O) groups excluding carboxylic acids is 2. The molecular weight excluding hydrogens is 267 g/mol. The largest absolute Gasteiger partial charge is 0.461 e. The van der Waals surface area contributed by atoms with Crippen LogP contribution in [0.25, 0.3) is 0 Å². The summed E-state index contributed by atoms with van der Waals surface area (Å²) in [7, 11) is 1.76. The summed E-state index contributed by atoms with van der Waals surface area (Å²) in [6, 6.07) is 9.50. The Morgan fingerprint density at radius 3 is 2.38 bits per heavy atom. The summed E-state index contributed by atoms with van der Waals surface area (Å²) in [5.74, 6) is -0.888. The molecule has 1 aromatic rings. The third-order valence-electron chi connectivity index (χ3n) is 2.83. The van der Waals surface area contributed by atoms with Crippen molar-refractivity contribution < 1.29 is 19.1 Å². The van der Waals surface area contributed by atoms with Gasteiger partial charge in [0.1, 0.15) is 20.1 Å². The van der Waals surface area contributed by atoms with Crippen LogP contribution in [0.2, 0.25) is 5.82 Å². The van der Waals surface area contributed by atoms with Crippen molar-refractivity contribution in [1.82, 2.24) is 0 Å². The quantitative estimate of drug-likeness (QED) is 0.596. The molecule has 0 spiro atoms. The van der Waals surface area contributed by atoms with Gasteiger partial charge >= 0.3 is 11.9 Å². The van der Waals surface area contributed by atoms with Crippen molar-refractivity contribution in [3.05, 3.63) is 35.9 Å². The third-order valence-corrected chi connectivity index (χ3v) is 2.83. The van der Waals surface area contributed by atoms with Gasteiger partial charge in [0.05, 0.1) is 0 Å². The normalized spacial score (nSPS) is 12.5. The summed E-state index contributed by atoms with van der Waals surface area (Å²) in [5.41, 5.74) is 0.449. The fourth-order valence-corrected chi connectivity index (χ4v) is 1.66. The van der Waals surface area contributed by atoms with Crippen LogP contribution in [0, 0.1) is 0 Å². The van der Waals surface area contributed by atoms with E-state index in [1.165, 1.54) is 0 Å². The van der Waals surface area contributed by atoms with Crippen molar-refractivity contribution in [2.45, 2.75) is 51.6 Å². The zero-order chi connectivity index (χ0) is 15.9. The van der Waals surface area contributed by atoms with Crippen LogP contribution >= 0.6 is 0 Å². The lowest BCUT2D eigenvalue weighted by atomic mass is 9.83. The van der Waals surface area contributed by atoms with Crippen LogP contribution in [-0.2, 0) is 25.7 Å². The van der Waals surface area contributed by atoms with Crippen LogP contribution in [0.1, 0.15) is 39.2 Å². The molecule has 0 aromatic heterocycles. The molecule has 0 saturated heterocycles. The second-order valence-corrected chi connectivity index (χ2v) is 6.12. The molecule has 4 nitrogen and oxygen atoms in total. The van der Waals surface area contributed by atoms with Crippen LogP contribution in [0.3, 0.4) is 0 Å². The van der Waals surface area contributed by atoms with E-state index in [9.17, 15) is 9.59 Å². The van der Waals surface area contributed by atoms with Crippen molar-refractivity contribution in [3.8, 4) is 0 Å². The molecule has 1 unspecified atom stereocenters. The Hall–Kier alpha value is -1.78. The fraction of sp³-hybridized carbons (Fsp3) is 0.500. The Bertz CT molecular complexity index is 465. The second kappa shape index (κ2) is 7.86. The molecule has 114 valence electrons. The highest BCUT2D eigenvalue weighted by Crippen LogP contribution is 2.17. The molecule has 21 heavy (non-hydrogen) atoms. The van der Waals surface area contributed by atoms with Gasteiger partial charge in [0.25, 0.3) is 0 Å². The first-order valence-corrected chi connectivity index (χ1v) is 7.20. The molecule has 0 aliphatic rings. The molecule has 0 N–H and O–H groups in total. The number of hydrogen-bond acceptors (Lipinski definition) is 4. The zero-order valence-electron chi connectivity index (χ0n) is 13.2. The van der Waals surface area contributed by atoms with E-state index in [0.717, 1.165) is 5.56 Å². The van der Waals surface area contributed by atoms with E-state index in [2.05, 4.69) is 0 Å². The van der Waals surface area contributed by atoms with E-state index >= 15 is 0 Å². The number of benzene rings is 1. The molecule has 0 radical (unpaired) electrons. The maximum Gasteiger partial charge on any atom is 0.306 e. The molecule has 0 heterocycles. The minimum Gasteiger partial charge on any atom is -0.461 e. The van der Waals surface area contributed by atoms with Crippen molar-refractivity contribution in [3.63, 3.8) is 0 Å². The zero-order valence-corrected chi connectivity index (χ0v) is 13.2. The maximum absolute atomic E-state index is 11.8. The van der Waals surface area contributed by atoms with E-state index in [0.29, 0.717) is 6.42 Å². The van der Waals surface area contributed by atoms with Crippen LogP contribution < -0.4 is 0 Å². The van der Waals surface area contributed by atoms with Gasteiger partial charge in [0.15, 0.2) is 0 Å². The van der Waals surface area contributed by atoms with E-state index in [4.69, 9.17) is 9.47 Å². The predicted molar refractivity (Wildman–Crippen MR) is 83.6 cm³/mol. The number of rotatable bonds is 6. The standard InChI is InChI=1S/C16H23BO4/c1-16(2,3)21-15(19)13(17)9-10-14(18)20-11-12-7-5-4-6-8-12/h4-8,13H,9-11,17H2,1-3H3. The van der Waals surface area contributed by atoms with Crippen LogP contribution in [-0.4, -0.2) is 25.4 Å². The van der Waals surface area contributed by atoms with E-state index in [1.54, 1.807) is 7.85 Å². The first-order valence-electron chi connectivity index (χ1n) is 7.20. The number of carbonyl (C=O) groups is 2. The molecule has 5 heteroatoms. The van der Waals surface area contributed by atoms with Crippen molar-refractivity contribution in [2.75, 3.05) is 0 Å². The number of esters is 2. The lowest BCUT2D eigenvalue weighted by Gasteiger charge is -2.22. The lowest BCUT2D eigenvalue weighted by molar-refractivity contribution is -0.155. The first kappa shape index (κ1) is 17.3. The summed E-state index contributed by atoms with van der Waals surface area (Å²) in [6.45, 7) is 5.74. The van der Waals surface area contributed by atoms with Crippen LogP contribution in [0.5, 0.6) is 0 Å². The fourth-order valence-electron chi connectivity index (χ4n) is 1.66. The van der Waals surface area contributed by atoms with Crippen LogP contribution in [0.4, 0.5) is 0 Å².